The smallest absolute Gasteiger partial charge is 0.230 e. The van der Waals surface area contributed by atoms with E-state index >= 15 is 0 Å². The fourth-order valence-electron chi connectivity index (χ4n) is 5.09. The molecule has 4 heterocycles. The van der Waals surface area contributed by atoms with Gasteiger partial charge in [-0.15, -0.1) is 0 Å². The van der Waals surface area contributed by atoms with E-state index in [4.69, 9.17) is 29.5 Å². The van der Waals surface area contributed by atoms with Crippen LogP contribution in [0, 0.1) is 5.92 Å². The van der Waals surface area contributed by atoms with Crippen LogP contribution in [0.1, 0.15) is 51.1 Å². The number of anilines is 2. The van der Waals surface area contributed by atoms with Crippen molar-refractivity contribution in [2.45, 2.75) is 57.5 Å². The number of hydrogen-bond acceptors (Lipinski definition) is 11. The van der Waals surface area contributed by atoms with Crippen molar-refractivity contribution in [1.82, 2.24) is 19.2 Å². The molecule has 3 fully saturated rings. The number of hydrogen-bond donors (Lipinski definition) is 3. The van der Waals surface area contributed by atoms with Gasteiger partial charge in [-0.3, -0.25) is 9.89 Å². The monoisotopic (exact) mass is 514 g/mol. The third-order valence-corrected chi connectivity index (χ3v) is 8.00. The first kappa shape index (κ1) is 25.3. The highest BCUT2D eigenvalue weighted by Gasteiger charge is 2.28. The number of nitrogens with two attached hydrogens (primary N) is 1. The number of aromatic nitrogens is 3. The summed E-state index contributed by atoms with van der Waals surface area (Å²) in [5.41, 5.74) is 7.58. The number of fused-ring (bicyclic) bond motifs is 1. The molecule has 0 unspecified atom stereocenters. The Morgan fingerprint density at radius 3 is 2.61 bits per heavy atom. The van der Waals surface area contributed by atoms with Crippen molar-refractivity contribution in [3.05, 3.63) is 17.6 Å². The minimum absolute atomic E-state index is 0.292. The molecule has 3 aliphatic rings. The summed E-state index contributed by atoms with van der Waals surface area (Å²) in [6.07, 6.45) is 7.88. The van der Waals surface area contributed by atoms with Crippen LogP contribution in [-0.2, 0) is 9.47 Å². The molecule has 11 heteroatoms. The van der Waals surface area contributed by atoms with Gasteiger partial charge in [0.2, 0.25) is 5.95 Å². The molecule has 0 aromatic carbocycles. The summed E-state index contributed by atoms with van der Waals surface area (Å²) < 4.78 is 15.5. The summed E-state index contributed by atoms with van der Waals surface area (Å²) in [4.78, 5) is 17.6. The number of allylic oxidation sites excluding steroid dienone is 1. The van der Waals surface area contributed by atoms with Gasteiger partial charge < -0.3 is 25.8 Å². The van der Waals surface area contributed by atoms with Crippen LogP contribution >= 0.6 is 11.5 Å². The van der Waals surface area contributed by atoms with Crippen LogP contribution in [0.4, 0.5) is 11.8 Å². The molecule has 1 saturated carbocycles. The van der Waals surface area contributed by atoms with E-state index in [2.05, 4.69) is 34.4 Å². The Hall–Kier alpha value is -2.34. The van der Waals surface area contributed by atoms with Crippen LogP contribution in [0.25, 0.3) is 10.2 Å². The fraction of sp³-hybridized carbons (Fsp3) is 0.680. The first-order valence-corrected chi connectivity index (χ1v) is 13.9. The van der Waals surface area contributed by atoms with Crippen molar-refractivity contribution in [1.29, 1.82) is 0 Å². The molecule has 0 atom stereocenters. The average molecular weight is 515 g/mol. The molecule has 4 N–H and O–H groups in total. The van der Waals surface area contributed by atoms with Crippen molar-refractivity contribution in [3.63, 3.8) is 0 Å². The lowest BCUT2D eigenvalue weighted by Gasteiger charge is -2.39. The van der Waals surface area contributed by atoms with Gasteiger partial charge in [-0.1, -0.05) is 13.8 Å². The van der Waals surface area contributed by atoms with Crippen LogP contribution in [0.5, 0.6) is 0 Å². The number of nitrogens with one attached hydrogen (secondary N) is 2. The molecule has 10 nitrogen and oxygen atoms in total. The van der Waals surface area contributed by atoms with Crippen LogP contribution in [0.3, 0.4) is 0 Å². The van der Waals surface area contributed by atoms with Gasteiger partial charge in [-0.25, -0.2) is 0 Å². The molecular formula is C25H38N8O2S. The molecule has 36 heavy (non-hydrogen) atoms. The summed E-state index contributed by atoms with van der Waals surface area (Å²) in [5.74, 6) is 2.14. The third kappa shape index (κ3) is 5.96. The SMILES string of the molecule is CC(C)c1nsc2nc(NC(C=NCC3COC3)=CN)nc(NC3CCC(N4CCOCC4)CC3)c12. The van der Waals surface area contributed by atoms with Crippen LogP contribution in [0.2, 0.25) is 0 Å². The van der Waals surface area contributed by atoms with Gasteiger partial charge in [0.05, 0.1) is 43.2 Å². The number of ether oxygens (including phenoxy) is 2. The highest BCUT2D eigenvalue weighted by Crippen LogP contribution is 2.35. The Morgan fingerprint density at radius 2 is 1.94 bits per heavy atom. The topological polar surface area (TPSA) is 123 Å². The number of morpholine rings is 1. The number of nitrogens with zero attached hydrogens (tertiary/aromatic N) is 5. The highest BCUT2D eigenvalue weighted by molar-refractivity contribution is 7.13. The Morgan fingerprint density at radius 1 is 1.17 bits per heavy atom. The van der Waals surface area contributed by atoms with Crippen LogP contribution in [-0.4, -0.2) is 83.6 Å². The zero-order valence-electron chi connectivity index (χ0n) is 21.3. The molecule has 2 saturated heterocycles. The first-order chi connectivity index (χ1) is 17.6. The minimum atomic E-state index is 0.292. The van der Waals surface area contributed by atoms with Gasteiger partial charge in [0.25, 0.3) is 0 Å². The van der Waals surface area contributed by atoms with Gasteiger partial charge in [-0.2, -0.15) is 14.3 Å². The molecule has 5 rings (SSSR count). The standard InChI is InChI=1S/C25H38N8O2S/c1-16(2)22-21-23(28-18-3-5-20(6-4-18)33-7-9-34-10-8-33)30-25(31-24(21)36-32-22)29-19(11-26)13-27-12-17-14-35-15-17/h11,13,16-18,20H,3-10,12,14-15,26H2,1-2H3,(H2,28,29,30,31). The van der Waals surface area contributed by atoms with Gasteiger partial charge in [-0.05, 0) is 43.1 Å². The molecule has 196 valence electrons. The molecule has 0 amide bonds. The highest BCUT2D eigenvalue weighted by atomic mass is 32.1. The van der Waals surface area contributed by atoms with E-state index < -0.39 is 0 Å². The molecule has 0 bridgehead atoms. The van der Waals surface area contributed by atoms with E-state index in [9.17, 15) is 0 Å². The van der Waals surface area contributed by atoms with E-state index in [-0.39, 0.29) is 0 Å². The number of rotatable bonds is 9. The summed E-state index contributed by atoms with van der Waals surface area (Å²) in [6.45, 7) is 10.4. The maximum Gasteiger partial charge on any atom is 0.230 e. The van der Waals surface area contributed by atoms with E-state index in [1.807, 2.05) is 0 Å². The third-order valence-electron chi connectivity index (χ3n) is 7.25. The van der Waals surface area contributed by atoms with Crippen molar-refractivity contribution in [2.24, 2.45) is 16.6 Å². The predicted molar refractivity (Wildman–Crippen MR) is 145 cm³/mol. The fourth-order valence-corrected chi connectivity index (χ4v) is 5.99. The van der Waals surface area contributed by atoms with Crippen molar-refractivity contribution in [2.75, 3.05) is 56.7 Å². The summed E-state index contributed by atoms with van der Waals surface area (Å²) >= 11 is 1.42. The lowest BCUT2D eigenvalue weighted by molar-refractivity contribution is -0.0265. The van der Waals surface area contributed by atoms with Gasteiger partial charge in [0, 0.05) is 50.1 Å². The molecule has 2 aromatic heterocycles. The second-order valence-corrected chi connectivity index (χ2v) is 11.0. The summed E-state index contributed by atoms with van der Waals surface area (Å²) in [7, 11) is 0. The normalized spacial score (nSPS) is 24.5. The maximum atomic E-state index is 5.87. The lowest BCUT2D eigenvalue weighted by atomic mass is 9.90. The van der Waals surface area contributed by atoms with Crippen molar-refractivity contribution >= 4 is 39.7 Å². The van der Waals surface area contributed by atoms with Gasteiger partial charge >= 0.3 is 0 Å². The zero-order chi connectivity index (χ0) is 24.9. The van der Waals surface area contributed by atoms with E-state index in [0.29, 0.717) is 35.6 Å². The number of aliphatic imine (C=N–C) groups is 1. The van der Waals surface area contributed by atoms with Crippen molar-refractivity contribution in [3.8, 4) is 0 Å². The summed E-state index contributed by atoms with van der Waals surface area (Å²) in [5, 5.41) is 8.05. The summed E-state index contributed by atoms with van der Waals surface area (Å²) in [6, 6.07) is 1.04. The van der Waals surface area contributed by atoms with E-state index in [1.54, 1.807) is 6.21 Å². The van der Waals surface area contributed by atoms with Crippen LogP contribution < -0.4 is 16.4 Å². The van der Waals surface area contributed by atoms with Crippen molar-refractivity contribution < 1.29 is 9.47 Å². The zero-order valence-corrected chi connectivity index (χ0v) is 22.1. The Labute approximate surface area is 216 Å². The average Bonchev–Trinajstić information content (AvgIpc) is 3.30. The predicted octanol–water partition coefficient (Wildman–Crippen LogP) is 3.19. The Balaban J connectivity index is 1.30. The molecule has 2 aliphatic heterocycles. The molecular weight excluding hydrogens is 476 g/mol. The first-order valence-electron chi connectivity index (χ1n) is 13.1. The van der Waals surface area contributed by atoms with Gasteiger partial charge in [0.15, 0.2) is 4.83 Å². The van der Waals surface area contributed by atoms with Crippen LogP contribution in [0.15, 0.2) is 16.9 Å². The van der Waals surface area contributed by atoms with E-state index in [1.165, 1.54) is 30.6 Å². The maximum absolute atomic E-state index is 5.87. The molecule has 1 aliphatic carbocycles. The molecule has 0 radical (unpaired) electrons. The van der Waals surface area contributed by atoms with E-state index in [0.717, 1.165) is 80.6 Å². The minimum Gasteiger partial charge on any atom is -0.403 e. The molecule has 0 spiro atoms. The Kier molecular flexibility index (Phi) is 8.30. The second-order valence-electron chi connectivity index (χ2n) is 10.2. The second kappa shape index (κ2) is 11.8. The van der Waals surface area contributed by atoms with Gasteiger partial charge in [0.1, 0.15) is 5.82 Å². The molecule has 2 aromatic rings. The quantitative estimate of drug-likeness (QED) is 0.433. The lowest BCUT2D eigenvalue weighted by Crippen LogP contribution is -2.46. The largest absolute Gasteiger partial charge is 0.403 e. The Bertz CT molecular complexity index is 1070.